The van der Waals surface area contributed by atoms with Crippen LogP contribution in [0.5, 0.6) is 0 Å². The van der Waals surface area contributed by atoms with Crippen LogP contribution in [0.25, 0.3) is 0 Å². The molecule has 0 aliphatic heterocycles. The average molecular weight is 363 g/mol. The Morgan fingerprint density at radius 1 is 1.09 bits per heavy atom. The Balaban J connectivity index is 0. The molecule has 0 aliphatic carbocycles. The first kappa shape index (κ1) is 14.4. The van der Waals surface area contributed by atoms with Gasteiger partial charge in [0.25, 0.3) is 0 Å². The summed E-state index contributed by atoms with van der Waals surface area (Å²) in [4.78, 5) is 0. The van der Waals surface area contributed by atoms with Crippen LogP contribution in [-0.4, -0.2) is 0 Å². The van der Waals surface area contributed by atoms with Crippen LogP contribution >= 0.6 is 21.3 Å². The Labute approximate surface area is 99.1 Å². The summed E-state index contributed by atoms with van der Waals surface area (Å²) in [6.45, 7) is 0. The van der Waals surface area contributed by atoms with Gasteiger partial charge in [0.2, 0.25) is 0 Å². The minimum absolute atomic E-state index is 0. The first-order chi connectivity index (χ1) is 4.93. The number of hydrogen-bond acceptors (Lipinski definition) is 0. The zero-order valence-electron chi connectivity index (χ0n) is 5.43. The largest absolute Gasteiger partial charge is 0 e. The van der Waals surface area contributed by atoms with E-state index in [1.165, 1.54) is 0 Å². The summed E-state index contributed by atoms with van der Waals surface area (Å²) >= 11 is 7.22. The molecule has 0 amide bonds. The molecule has 0 heterocycles. The van der Waals surface area contributed by atoms with Crippen molar-refractivity contribution in [2.45, 2.75) is 0 Å². The molecule has 0 fully saturated rings. The Hall–Kier alpha value is 0.917. The van der Waals surface area contributed by atoms with Gasteiger partial charge in [0, 0.05) is 19.5 Å². The molecule has 64 valence electrons. The van der Waals surface area contributed by atoms with E-state index in [2.05, 4.69) is 9.69 Å². The molecule has 0 N–H and O–H groups in total. The summed E-state index contributed by atoms with van der Waals surface area (Å²) in [5.74, 6) is 1.56. The zero-order valence-corrected chi connectivity index (χ0v) is 10.4. The summed E-state index contributed by atoms with van der Waals surface area (Å²) in [5, 5.41) is 0. The standard InChI is InChI=1S/C7H6Cl.ClH.2Ru/c8-6-7-4-2-1-3-5-7;;;/h1-6H;1H;;/q-1;;;+2/p-1. The van der Waals surface area contributed by atoms with E-state index in [1.54, 1.807) is 5.88 Å². The molecule has 0 bridgehead atoms. The summed E-state index contributed by atoms with van der Waals surface area (Å²) in [6.07, 6.45) is 0. The third-order valence-electron chi connectivity index (χ3n) is 0.926. The topological polar surface area (TPSA) is 0 Å². The van der Waals surface area contributed by atoms with Crippen LogP contribution in [0.4, 0.5) is 0 Å². The summed E-state index contributed by atoms with van der Waals surface area (Å²) in [7, 11) is 4.57. The third-order valence-corrected chi connectivity index (χ3v) is 1.18. The molecule has 0 radical (unpaired) electrons. The molecule has 0 spiro atoms. The molecule has 1 aromatic carbocycles. The first-order valence-electron chi connectivity index (χ1n) is 2.55. The minimum atomic E-state index is 0. The normalized spacial score (nSPS) is 6.82. The molecule has 0 aromatic heterocycles. The van der Waals surface area contributed by atoms with Crippen molar-refractivity contribution >= 4 is 21.3 Å². The molecule has 1 rings (SSSR count). The summed E-state index contributed by atoms with van der Waals surface area (Å²) in [6, 6.07) is 9.77. The molecule has 0 atom stereocenters. The minimum Gasteiger partial charge on any atom is 0 e. The summed E-state index contributed by atoms with van der Waals surface area (Å²) < 4.78 is 0. The second kappa shape index (κ2) is 10.9. The van der Waals surface area contributed by atoms with Crippen LogP contribution in [0.3, 0.4) is 0 Å². The van der Waals surface area contributed by atoms with E-state index in [1.807, 2.05) is 47.6 Å². The Kier molecular flexibility index (Phi) is 14.3. The van der Waals surface area contributed by atoms with Gasteiger partial charge in [-0.25, -0.2) is 0 Å². The monoisotopic (exact) mass is 364 g/mol. The van der Waals surface area contributed by atoms with Crippen LogP contribution in [0.15, 0.2) is 30.3 Å². The van der Waals surface area contributed by atoms with Gasteiger partial charge in [-0.3, -0.25) is 0 Å². The molecular weight excluding hydrogens is 357 g/mol. The van der Waals surface area contributed by atoms with Crippen LogP contribution in [0, 0.1) is 5.88 Å². The fourth-order valence-electron chi connectivity index (χ4n) is 0.526. The van der Waals surface area contributed by atoms with Gasteiger partial charge >= 0.3 is 27.0 Å². The third kappa shape index (κ3) is 7.28. The predicted octanol–water partition coefficient (Wildman–Crippen LogP) is 3.12. The van der Waals surface area contributed by atoms with Gasteiger partial charge in [0.1, 0.15) is 0 Å². The molecule has 0 unspecified atom stereocenters. The second-order valence-electron chi connectivity index (χ2n) is 1.52. The fraction of sp³-hybridized carbons (Fsp3) is 0. The number of rotatable bonds is 1. The van der Waals surface area contributed by atoms with Gasteiger partial charge in [0.15, 0.2) is 0 Å². The SMILES string of the molecule is Cl[CH-]c1ccccc1.[Cl][Ru+].[Ru]. The number of hydrogen-bond donors (Lipinski definition) is 0. The molecule has 0 nitrogen and oxygen atoms in total. The van der Waals surface area contributed by atoms with Crippen molar-refractivity contribution in [1.29, 1.82) is 0 Å². The van der Waals surface area contributed by atoms with Crippen molar-refractivity contribution in [2.24, 2.45) is 0 Å². The van der Waals surface area contributed by atoms with Crippen molar-refractivity contribution in [3.63, 3.8) is 0 Å². The van der Waals surface area contributed by atoms with E-state index < -0.39 is 0 Å². The Bertz CT molecular complexity index is 156. The van der Waals surface area contributed by atoms with Crippen molar-refractivity contribution in [1.82, 2.24) is 0 Å². The summed E-state index contributed by atoms with van der Waals surface area (Å²) in [5.41, 5.74) is 1.05. The maximum Gasteiger partial charge on any atom is 0 e. The van der Waals surface area contributed by atoms with E-state index in [4.69, 9.17) is 11.6 Å². The van der Waals surface area contributed by atoms with Crippen molar-refractivity contribution in [2.75, 3.05) is 0 Å². The molecule has 0 aliphatic rings. The number of benzene rings is 1. The van der Waals surface area contributed by atoms with Crippen LogP contribution < -0.4 is 0 Å². The average Bonchev–Trinajstić information content (AvgIpc) is 2.10. The smallest absolute Gasteiger partial charge is 0 e. The second-order valence-corrected chi connectivity index (χ2v) is 1.74. The van der Waals surface area contributed by atoms with E-state index in [9.17, 15) is 0 Å². The molecular formula is C7H6Cl2Ru2. The zero-order chi connectivity index (χ0) is 7.82. The van der Waals surface area contributed by atoms with Gasteiger partial charge in [-0.05, 0) is 0 Å². The molecule has 0 saturated heterocycles. The fourth-order valence-corrected chi connectivity index (χ4v) is 0.671. The van der Waals surface area contributed by atoms with Crippen LogP contribution in [0.1, 0.15) is 5.56 Å². The van der Waals surface area contributed by atoms with E-state index in [0.717, 1.165) is 5.56 Å². The van der Waals surface area contributed by atoms with Gasteiger partial charge in [-0.2, -0.15) is 29.3 Å². The van der Waals surface area contributed by atoms with Crippen molar-refractivity contribution < 1.29 is 36.8 Å². The Morgan fingerprint density at radius 3 is 1.82 bits per heavy atom. The predicted molar refractivity (Wildman–Crippen MR) is 41.6 cm³/mol. The van der Waals surface area contributed by atoms with E-state index in [-0.39, 0.29) is 19.5 Å². The van der Waals surface area contributed by atoms with Gasteiger partial charge in [0.05, 0.1) is 0 Å². The van der Waals surface area contributed by atoms with Crippen LogP contribution in [-0.2, 0) is 36.8 Å². The Morgan fingerprint density at radius 2 is 1.55 bits per heavy atom. The molecule has 0 saturated carbocycles. The quantitative estimate of drug-likeness (QED) is 0.531. The van der Waals surface area contributed by atoms with Gasteiger partial charge in [-0.1, -0.05) is 11.9 Å². The van der Waals surface area contributed by atoms with Gasteiger partial charge in [-0.15, -0.1) is 12.1 Å². The van der Waals surface area contributed by atoms with Gasteiger partial charge < -0.3 is 0 Å². The number of halogens is 2. The first-order valence-corrected chi connectivity index (χ1v) is 5.23. The van der Waals surface area contributed by atoms with E-state index >= 15 is 0 Å². The maximum atomic E-state index is 5.40. The molecule has 11 heavy (non-hydrogen) atoms. The molecule has 1 aromatic rings. The van der Waals surface area contributed by atoms with Crippen molar-refractivity contribution in [3.05, 3.63) is 41.8 Å². The molecule has 4 heteroatoms. The van der Waals surface area contributed by atoms with Crippen LogP contribution in [0.2, 0.25) is 0 Å². The maximum absolute atomic E-state index is 5.40. The van der Waals surface area contributed by atoms with E-state index in [0.29, 0.717) is 0 Å². The van der Waals surface area contributed by atoms with Crippen molar-refractivity contribution in [3.8, 4) is 0 Å².